The van der Waals surface area contributed by atoms with Crippen LogP contribution in [0.1, 0.15) is 0 Å². The highest BCUT2D eigenvalue weighted by Crippen LogP contribution is 2.31. The Morgan fingerprint density at radius 3 is 2.88 bits per heavy atom. The number of nitrogens with one attached hydrogen (secondary N) is 1. The Kier molecular flexibility index (Phi) is 2.33. The van der Waals surface area contributed by atoms with Gasteiger partial charge in [0.2, 0.25) is 0 Å². The molecule has 1 nitrogen and oxygen atoms in total. The molecule has 0 aliphatic heterocycles. The SMILES string of the molecule is Fc1cc(Br)c2[nH]c(-c3cccs3)cc2c1. The summed E-state index contributed by atoms with van der Waals surface area (Å²) in [5.74, 6) is -0.226. The second kappa shape index (κ2) is 3.71. The van der Waals surface area contributed by atoms with Crippen molar-refractivity contribution in [1.82, 2.24) is 4.98 Å². The second-order valence-electron chi connectivity index (χ2n) is 3.51. The van der Waals surface area contributed by atoms with Gasteiger partial charge in [-0.25, -0.2) is 4.39 Å². The maximum absolute atomic E-state index is 13.2. The molecule has 0 saturated carbocycles. The zero-order chi connectivity index (χ0) is 11.1. The van der Waals surface area contributed by atoms with Gasteiger partial charge < -0.3 is 4.98 Å². The number of H-pyrrole nitrogens is 1. The van der Waals surface area contributed by atoms with Crippen molar-refractivity contribution in [3.8, 4) is 10.6 Å². The number of hydrogen-bond acceptors (Lipinski definition) is 1. The molecular weight excluding hydrogens is 289 g/mol. The molecule has 80 valence electrons. The van der Waals surface area contributed by atoms with E-state index in [-0.39, 0.29) is 5.82 Å². The van der Waals surface area contributed by atoms with Gasteiger partial charge in [0.25, 0.3) is 0 Å². The molecule has 1 N–H and O–H groups in total. The van der Waals surface area contributed by atoms with Gasteiger partial charge in [-0.2, -0.15) is 0 Å². The van der Waals surface area contributed by atoms with E-state index < -0.39 is 0 Å². The Balaban J connectivity index is 2.27. The number of hydrogen-bond donors (Lipinski definition) is 1. The molecule has 3 aromatic rings. The Morgan fingerprint density at radius 2 is 2.12 bits per heavy atom. The van der Waals surface area contributed by atoms with E-state index in [1.54, 1.807) is 11.3 Å². The molecule has 0 radical (unpaired) electrons. The highest BCUT2D eigenvalue weighted by Gasteiger charge is 2.08. The van der Waals surface area contributed by atoms with Crippen LogP contribution in [0, 0.1) is 5.82 Å². The number of halogens is 2. The normalized spacial score (nSPS) is 11.1. The minimum Gasteiger partial charge on any atom is -0.353 e. The average molecular weight is 296 g/mol. The Morgan fingerprint density at radius 1 is 1.25 bits per heavy atom. The predicted octanol–water partition coefficient (Wildman–Crippen LogP) is 4.80. The molecule has 0 amide bonds. The summed E-state index contributed by atoms with van der Waals surface area (Å²) in [6, 6.07) is 9.01. The quantitative estimate of drug-likeness (QED) is 0.664. The molecule has 0 atom stereocenters. The highest BCUT2D eigenvalue weighted by atomic mass is 79.9. The number of aromatic amines is 1. The maximum atomic E-state index is 13.2. The van der Waals surface area contributed by atoms with Crippen molar-refractivity contribution in [1.29, 1.82) is 0 Å². The molecule has 3 rings (SSSR count). The van der Waals surface area contributed by atoms with Gasteiger partial charge in [-0.1, -0.05) is 6.07 Å². The predicted molar refractivity (Wildman–Crippen MR) is 69.3 cm³/mol. The van der Waals surface area contributed by atoms with E-state index in [2.05, 4.69) is 20.9 Å². The zero-order valence-corrected chi connectivity index (χ0v) is 10.5. The number of rotatable bonds is 1. The largest absolute Gasteiger partial charge is 0.353 e. The van der Waals surface area contributed by atoms with Crippen LogP contribution in [0.3, 0.4) is 0 Å². The van der Waals surface area contributed by atoms with Crippen molar-refractivity contribution in [2.45, 2.75) is 0 Å². The molecule has 2 heterocycles. The van der Waals surface area contributed by atoms with Crippen molar-refractivity contribution >= 4 is 38.2 Å². The van der Waals surface area contributed by atoms with E-state index >= 15 is 0 Å². The van der Waals surface area contributed by atoms with E-state index in [4.69, 9.17) is 0 Å². The first-order valence-corrected chi connectivity index (χ1v) is 6.43. The van der Waals surface area contributed by atoms with Crippen molar-refractivity contribution in [2.75, 3.05) is 0 Å². The first kappa shape index (κ1) is 10.1. The molecule has 0 spiro atoms. The van der Waals surface area contributed by atoms with Crippen LogP contribution in [0.15, 0.2) is 40.2 Å². The van der Waals surface area contributed by atoms with Crippen LogP contribution < -0.4 is 0 Å². The van der Waals surface area contributed by atoms with Gasteiger partial charge in [-0.3, -0.25) is 0 Å². The van der Waals surface area contributed by atoms with Gasteiger partial charge in [0, 0.05) is 9.86 Å². The molecule has 0 aliphatic rings. The van der Waals surface area contributed by atoms with Crippen LogP contribution in [0.5, 0.6) is 0 Å². The molecule has 0 aliphatic carbocycles. The van der Waals surface area contributed by atoms with Gasteiger partial charge in [-0.05, 0) is 45.6 Å². The minimum absolute atomic E-state index is 0.226. The third-order valence-corrected chi connectivity index (χ3v) is 3.96. The molecule has 0 bridgehead atoms. The van der Waals surface area contributed by atoms with Crippen molar-refractivity contribution in [3.05, 3.63) is 46.0 Å². The first-order valence-electron chi connectivity index (χ1n) is 4.76. The molecule has 2 aromatic heterocycles. The minimum atomic E-state index is -0.226. The Labute approximate surface area is 104 Å². The van der Waals surface area contributed by atoms with Crippen LogP contribution in [0.25, 0.3) is 21.5 Å². The fraction of sp³-hybridized carbons (Fsp3) is 0. The standard InChI is InChI=1S/C12H7BrFNS/c13-9-6-8(14)4-7-5-10(15-12(7)9)11-2-1-3-16-11/h1-6,15H. The van der Waals surface area contributed by atoms with Gasteiger partial charge >= 0.3 is 0 Å². The lowest BCUT2D eigenvalue weighted by molar-refractivity contribution is 0.629. The van der Waals surface area contributed by atoms with Crippen LogP contribution in [0.4, 0.5) is 4.39 Å². The lowest BCUT2D eigenvalue weighted by atomic mass is 10.2. The third-order valence-electron chi connectivity index (χ3n) is 2.43. The van der Waals surface area contributed by atoms with Crippen LogP contribution in [-0.2, 0) is 0 Å². The van der Waals surface area contributed by atoms with Gasteiger partial charge in [0.05, 0.1) is 16.1 Å². The van der Waals surface area contributed by atoms with Crippen molar-refractivity contribution in [2.24, 2.45) is 0 Å². The van der Waals surface area contributed by atoms with E-state index in [0.717, 1.165) is 25.9 Å². The molecule has 1 aromatic carbocycles. The summed E-state index contributed by atoms with van der Waals surface area (Å²) in [4.78, 5) is 4.45. The average Bonchev–Trinajstić information content (AvgIpc) is 2.82. The summed E-state index contributed by atoms with van der Waals surface area (Å²) in [6.45, 7) is 0. The lowest BCUT2D eigenvalue weighted by Gasteiger charge is -1.94. The molecule has 4 heteroatoms. The van der Waals surface area contributed by atoms with Crippen LogP contribution in [0.2, 0.25) is 0 Å². The summed E-state index contributed by atoms with van der Waals surface area (Å²) in [5.41, 5.74) is 1.96. The monoisotopic (exact) mass is 295 g/mol. The van der Waals surface area contributed by atoms with Gasteiger partial charge in [0.1, 0.15) is 5.82 Å². The molecular formula is C12H7BrFNS. The van der Waals surface area contributed by atoms with Gasteiger partial charge in [0.15, 0.2) is 0 Å². The van der Waals surface area contributed by atoms with E-state index in [0.29, 0.717) is 0 Å². The molecule has 0 unspecified atom stereocenters. The summed E-state index contributed by atoms with van der Waals surface area (Å²) >= 11 is 5.02. The number of benzene rings is 1. The maximum Gasteiger partial charge on any atom is 0.125 e. The summed E-state index contributed by atoms with van der Waals surface area (Å²) in [5, 5.41) is 2.91. The van der Waals surface area contributed by atoms with E-state index in [1.165, 1.54) is 12.1 Å². The summed E-state index contributed by atoms with van der Waals surface area (Å²) in [7, 11) is 0. The fourth-order valence-electron chi connectivity index (χ4n) is 1.73. The van der Waals surface area contributed by atoms with Crippen LogP contribution in [-0.4, -0.2) is 4.98 Å². The van der Waals surface area contributed by atoms with Crippen molar-refractivity contribution < 1.29 is 4.39 Å². The van der Waals surface area contributed by atoms with Crippen molar-refractivity contribution in [3.63, 3.8) is 0 Å². The fourth-order valence-corrected chi connectivity index (χ4v) is 2.97. The van der Waals surface area contributed by atoms with E-state index in [9.17, 15) is 4.39 Å². The number of thiophene rings is 1. The topological polar surface area (TPSA) is 15.8 Å². The summed E-state index contributed by atoms with van der Waals surface area (Å²) in [6.07, 6.45) is 0. The third kappa shape index (κ3) is 1.58. The number of fused-ring (bicyclic) bond motifs is 1. The highest BCUT2D eigenvalue weighted by molar-refractivity contribution is 9.10. The Hall–Kier alpha value is -1.13. The van der Waals surface area contributed by atoms with Gasteiger partial charge in [-0.15, -0.1) is 11.3 Å². The lowest BCUT2D eigenvalue weighted by Crippen LogP contribution is -1.76. The number of aromatic nitrogens is 1. The van der Waals surface area contributed by atoms with Crippen LogP contribution >= 0.6 is 27.3 Å². The first-order chi connectivity index (χ1) is 7.74. The smallest absolute Gasteiger partial charge is 0.125 e. The molecule has 16 heavy (non-hydrogen) atoms. The zero-order valence-electron chi connectivity index (χ0n) is 8.13. The Bertz CT molecular complexity index is 642. The summed E-state index contributed by atoms with van der Waals surface area (Å²) < 4.78 is 14.0. The molecule has 0 saturated heterocycles. The second-order valence-corrected chi connectivity index (χ2v) is 5.31. The van der Waals surface area contributed by atoms with E-state index in [1.807, 2.05) is 23.6 Å². The molecule has 0 fully saturated rings.